The van der Waals surface area contributed by atoms with Crippen molar-refractivity contribution in [2.24, 2.45) is 4.99 Å². The lowest BCUT2D eigenvalue weighted by Crippen LogP contribution is -2.42. The number of halogens is 1. The van der Waals surface area contributed by atoms with Crippen LogP contribution in [0.15, 0.2) is 4.99 Å². The SMILES string of the molecule is CCCCCCNC(=NC)NCCN(CC)C1CC1.I. The van der Waals surface area contributed by atoms with Gasteiger partial charge in [-0.3, -0.25) is 9.89 Å². The Morgan fingerprint density at radius 2 is 1.80 bits per heavy atom. The Labute approximate surface area is 142 Å². The van der Waals surface area contributed by atoms with Crippen LogP contribution in [0.5, 0.6) is 0 Å². The average molecular weight is 396 g/mol. The smallest absolute Gasteiger partial charge is 0.191 e. The maximum atomic E-state index is 4.26. The van der Waals surface area contributed by atoms with Gasteiger partial charge in [-0.25, -0.2) is 0 Å². The van der Waals surface area contributed by atoms with Crippen LogP contribution < -0.4 is 10.6 Å². The second kappa shape index (κ2) is 12.7. The minimum absolute atomic E-state index is 0. The average Bonchev–Trinajstić information content (AvgIpc) is 3.25. The minimum atomic E-state index is 0. The molecule has 2 N–H and O–H groups in total. The summed E-state index contributed by atoms with van der Waals surface area (Å²) in [6.45, 7) is 8.79. The normalized spacial score (nSPS) is 15.1. The Balaban J connectivity index is 0.00000361. The third-order valence-electron chi connectivity index (χ3n) is 3.71. The molecule has 5 heteroatoms. The fourth-order valence-corrected chi connectivity index (χ4v) is 2.34. The summed E-state index contributed by atoms with van der Waals surface area (Å²) in [6.07, 6.45) is 7.95. The van der Waals surface area contributed by atoms with Crippen molar-refractivity contribution in [3.05, 3.63) is 0 Å². The number of unbranched alkanes of at least 4 members (excludes halogenated alkanes) is 3. The number of guanidine groups is 1. The molecule has 0 aromatic rings. The molecule has 1 aliphatic carbocycles. The number of nitrogens with one attached hydrogen (secondary N) is 2. The number of aliphatic imine (C=N–C) groups is 1. The molecule has 1 fully saturated rings. The van der Waals surface area contributed by atoms with E-state index in [0.29, 0.717) is 0 Å². The molecular weight excluding hydrogens is 363 g/mol. The van der Waals surface area contributed by atoms with Gasteiger partial charge in [-0.05, 0) is 25.8 Å². The predicted octanol–water partition coefficient (Wildman–Crippen LogP) is 2.83. The molecule has 0 aromatic heterocycles. The van der Waals surface area contributed by atoms with Gasteiger partial charge < -0.3 is 10.6 Å². The Bertz CT molecular complexity index is 254. The van der Waals surface area contributed by atoms with Gasteiger partial charge in [0.25, 0.3) is 0 Å². The molecule has 20 heavy (non-hydrogen) atoms. The molecule has 0 radical (unpaired) electrons. The number of nitrogens with zero attached hydrogens (tertiary/aromatic N) is 2. The summed E-state index contributed by atoms with van der Waals surface area (Å²) < 4.78 is 0. The topological polar surface area (TPSA) is 39.7 Å². The zero-order chi connectivity index (χ0) is 13.9. The van der Waals surface area contributed by atoms with Gasteiger partial charge in [0.1, 0.15) is 0 Å². The summed E-state index contributed by atoms with van der Waals surface area (Å²) in [7, 11) is 1.85. The van der Waals surface area contributed by atoms with Crippen LogP contribution in [-0.2, 0) is 0 Å². The van der Waals surface area contributed by atoms with E-state index in [4.69, 9.17) is 0 Å². The number of hydrogen-bond acceptors (Lipinski definition) is 2. The molecule has 0 unspecified atom stereocenters. The molecule has 0 atom stereocenters. The molecule has 0 bridgehead atoms. The zero-order valence-electron chi connectivity index (χ0n) is 13.5. The van der Waals surface area contributed by atoms with E-state index in [1.54, 1.807) is 0 Å². The van der Waals surface area contributed by atoms with Gasteiger partial charge in [-0.2, -0.15) is 0 Å². The van der Waals surface area contributed by atoms with Gasteiger partial charge in [0.15, 0.2) is 5.96 Å². The van der Waals surface area contributed by atoms with Crippen molar-refractivity contribution >= 4 is 29.9 Å². The van der Waals surface area contributed by atoms with Crippen LogP contribution in [0.4, 0.5) is 0 Å². The van der Waals surface area contributed by atoms with Crippen molar-refractivity contribution in [1.29, 1.82) is 0 Å². The Morgan fingerprint density at radius 1 is 1.10 bits per heavy atom. The maximum absolute atomic E-state index is 4.26. The van der Waals surface area contributed by atoms with Crippen LogP contribution in [0.3, 0.4) is 0 Å². The number of likely N-dealkylation sites (N-methyl/N-ethyl adjacent to an activating group) is 1. The second-order valence-electron chi connectivity index (χ2n) is 5.35. The standard InChI is InChI=1S/C15H32N4.HI/c1-4-6-7-8-11-17-15(16-3)18-12-13-19(5-2)14-9-10-14;/h14H,4-13H2,1-3H3,(H2,16,17,18);1H. The monoisotopic (exact) mass is 396 g/mol. The summed E-state index contributed by atoms with van der Waals surface area (Å²) in [4.78, 5) is 6.82. The summed E-state index contributed by atoms with van der Waals surface area (Å²) >= 11 is 0. The van der Waals surface area contributed by atoms with Crippen LogP contribution in [0.2, 0.25) is 0 Å². The largest absolute Gasteiger partial charge is 0.356 e. The molecule has 0 saturated heterocycles. The minimum Gasteiger partial charge on any atom is -0.356 e. The highest BCUT2D eigenvalue weighted by Crippen LogP contribution is 2.25. The molecule has 0 heterocycles. The first-order chi connectivity index (χ1) is 9.31. The van der Waals surface area contributed by atoms with Crippen molar-refractivity contribution < 1.29 is 0 Å². The van der Waals surface area contributed by atoms with E-state index in [2.05, 4.69) is 34.4 Å². The highest BCUT2D eigenvalue weighted by Gasteiger charge is 2.27. The first-order valence-corrected chi connectivity index (χ1v) is 8.00. The predicted molar refractivity (Wildman–Crippen MR) is 99.2 cm³/mol. The number of hydrogen-bond donors (Lipinski definition) is 2. The molecule has 1 rings (SSSR count). The lowest BCUT2D eigenvalue weighted by atomic mass is 10.2. The van der Waals surface area contributed by atoms with Crippen molar-refractivity contribution in [2.75, 3.05) is 33.2 Å². The van der Waals surface area contributed by atoms with E-state index in [1.165, 1.54) is 38.5 Å². The van der Waals surface area contributed by atoms with Crippen molar-refractivity contribution in [2.45, 2.75) is 58.4 Å². The van der Waals surface area contributed by atoms with Gasteiger partial charge in [-0.15, -0.1) is 24.0 Å². The molecule has 4 nitrogen and oxygen atoms in total. The van der Waals surface area contributed by atoms with Crippen LogP contribution in [0.1, 0.15) is 52.4 Å². The van der Waals surface area contributed by atoms with Gasteiger partial charge in [0, 0.05) is 32.7 Å². The van der Waals surface area contributed by atoms with Crippen LogP contribution in [0, 0.1) is 0 Å². The van der Waals surface area contributed by atoms with Gasteiger partial charge >= 0.3 is 0 Å². The lowest BCUT2D eigenvalue weighted by Gasteiger charge is -2.20. The first kappa shape index (κ1) is 20.0. The van der Waals surface area contributed by atoms with E-state index < -0.39 is 0 Å². The summed E-state index contributed by atoms with van der Waals surface area (Å²) in [5.41, 5.74) is 0. The molecule has 0 aliphatic heterocycles. The first-order valence-electron chi connectivity index (χ1n) is 8.00. The zero-order valence-corrected chi connectivity index (χ0v) is 15.8. The molecular formula is C15H33IN4. The fraction of sp³-hybridized carbons (Fsp3) is 0.933. The van der Waals surface area contributed by atoms with E-state index in [1.807, 2.05) is 7.05 Å². The molecule has 0 spiro atoms. The van der Waals surface area contributed by atoms with Gasteiger partial charge in [0.2, 0.25) is 0 Å². The second-order valence-corrected chi connectivity index (χ2v) is 5.35. The summed E-state index contributed by atoms with van der Waals surface area (Å²) in [6, 6.07) is 0.857. The molecule has 1 aliphatic rings. The lowest BCUT2D eigenvalue weighted by molar-refractivity contribution is 0.282. The Kier molecular flexibility index (Phi) is 12.7. The maximum Gasteiger partial charge on any atom is 0.191 e. The van der Waals surface area contributed by atoms with Crippen LogP contribution in [-0.4, -0.2) is 50.1 Å². The Hall–Kier alpha value is -0.0400. The quantitative estimate of drug-likeness (QED) is 0.258. The van der Waals surface area contributed by atoms with Crippen LogP contribution in [0.25, 0.3) is 0 Å². The molecule has 0 aromatic carbocycles. The van der Waals surface area contributed by atoms with E-state index in [9.17, 15) is 0 Å². The summed E-state index contributed by atoms with van der Waals surface area (Å²) in [5, 5.41) is 6.79. The van der Waals surface area contributed by atoms with E-state index in [-0.39, 0.29) is 24.0 Å². The van der Waals surface area contributed by atoms with Gasteiger partial charge in [-0.1, -0.05) is 33.1 Å². The molecule has 120 valence electrons. The fourth-order valence-electron chi connectivity index (χ4n) is 2.34. The van der Waals surface area contributed by atoms with Crippen molar-refractivity contribution in [3.63, 3.8) is 0 Å². The van der Waals surface area contributed by atoms with E-state index in [0.717, 1.165) is 38.2 Å². The van der Waals surface area contributed by atoms with Gasteiger partial charge in [0.05, 0.1) is 0 Å². The third kappa shape index (κ3) is 9.00. The van der Waals surface area contributed by atoms with E-state index >= 15 is 0 Å². The Morgan fingerprint density at radius 3 is 2.35 bits per heavy atom. The molecule has 1 saturated carbocycles. The summed E-state index contributed by atoms with van der Waals surface area (Å²) in [5.74, 6) is 0.948. The molecule has 0 amide bonds. The number of rotatable bonds is 10. The third-order valence-corrected chi connectivity index (χ3v) is 3.71. The highest BCUT2D eigenvalue weighted by molar-refractivity contribution is 14.0. The van der Waals surface area contributed by atoms with Crippen LogP contribution >= 0.6 is 24.0 Å². The highest BCUT2D eigenvalue weighted by atomic mass is 127. The van der Waals surface area contributed by atoms with Crippen molar-refractivity contribution in [1.82, 2.24) is 15.5 Å². The van der Waals surface area contributed by atoms with Crippen molar-refractivity contribution in [3.8, 4) is 0 Å².